The molecule has 0 aliphatic heterocycles. The molecule has 130 valence electrons. The summed E-state index contributed by atoms with van der Waals surface area (Å²) in [5.41, 5.74) is 12.5. The predicted octanol–water partition coefficient (Wildman–Crippen LogP) is 6.86. The molecular weight excluding hydrogens is 312 g/mol. The van der Waals surface area contributed by atoms with E-state index in [1.54, 1.807) is 0 Å². The van der Waals surface area contributed by atoms with Crippen molar-refractivity contribution >= 4 is 11.6 Å². The third-order valence-corrected chi connectivity index (χ3v) is 5.76. The minimum absolute atomic E-state index is 0.938. The van der Waals surface area contributed by atoms with Gasteiger partial charge in [0, 0.05) is 0 Å². The Balaban J connectivity index is 1.55. The summed E-state index contributed by atoms with van der Waals surface area (Å²) >= 11 is 0. The lowest BCUT2D eigenvalue weighted by Crippen LogP contribution is -1.97. The summed E-state index contributed by atoms with van der Waals surface area (Å²) in [5.74, 6) is 0. The van der Waals surface area contributed by atoms with E-state index in [1.165, 1.54) is 50.1 Å². The fourth-order valence-electron chi connectivity index (χ4n) is 4.29. The Morgan fingerprint density at radius 3 is 2.69 bits per heavy atom. The summed E-state index contributed by atoms with van der Waals surface area (Å²) < 4.78 is 0. The zero-order valence-corrected chi connectivity index (χ0v) is 15.8. The van der Waals surface area contributed by atoms with Gasteiger partial charge in [-0.15, -0.1) is 0 Å². The molecule has 0 unspecified atom stereocenters. The van der Waals surface area contributed by atoms with Crippen LogP contribution in [0.25, 0.3) is 11.6 Å². The fourth-order valence-corrected chi connectivity index (χ4v) is 4.29. The molecule has 0 N–H and O–H groups in total. The molecule has 0 heterocycles. The van der Waals surface area contributed by atoms with Crippen LogP contribution in [0.1, 0.15) is 47.6 Å². The Bertz CT molecular complexity index is 963. The van der Waals surface area contributed by atoms with Crippen molar-refractivity contribution in [3.8, 4) is 0 Å². The van der Waals surface area contributed by atoms with Gasteiger partial charge >= 0.3 is 0 Å². The number of hydrogen-bond acceptors (Lipinski definition) is 0. The smallest absolute Gasteiger partial charge is 0.00137 e. The van der Waals surface area contributed by atoms with Crippen LogP contribution in [-0.4, -0.2) is 0 Å². The van der Waals surface area contributed by atoms with Crippen LogP contribution in [0.2, 0.25) is 0 Å². The first-order valence-electron chi connectivity index (χ1n) is 9.62. The molecule has 0 atom stereocenters. The summed E-state index contributed by atoms with van der Waals surface area (Å²) in [6.45, 7) is 8.89. The molecule has 0 amide bonds. The van der Waals surface area contributed by atoms with E-state index in [0.29, 0.717) is 0 Å². The van der Waals surface area contributed by atoms with Gasteiger partial charge in [0.2, 0.25) is 0 Å². The fraction of sp³-hybridized carbons (Fsp3) is 0.231. The van der Waals surface area contributed by atoms with Crippen molar-refractivity contribution in [3.05, 3.63) is 106 Å². The topological polar surface area (TPSA) is 0 Å². The summed E-state index contributed by atoms with van der Waals surface area (Å²) in [6.07, 6.45) is 11.2. The second-order valence-electron chi connectivity index (χ2n) is 7.35. The molecule has 0 saturated carbocycles. The molecule has 0 saturated heterocycles. The molecule has 2 aromatic carbocycles. The van der Waals surface area contributed by atoms with E-state index >= 15 is 0 Å². The average Bonchev–Trinajstić information content (AvgIpc) is 3.27. The summed E-state index contributed by atoms with van der Waals surface area (Å²) in [4.78, 5) is 0. The van der Waals surface area contributed by atoms with Gasteiger partial charge in [-0.2, -0.15) is 0 Å². The minimum Gasteiger partial charge on any atom is -0.0949 e. The maximum Gasteiger partial charge on any atom is -0.00137 e. The highest BCUT2D eigenvalue weighted by Crippen LogP contribution is 2.39. The second kappa shape index (κ2) is 6.96. The molecule has 4 rings (SSSR count). The SMILES string of the molecule is C=C(CC1=CCC=C1C1=Cc2ccccc2C1)c1cccc(CC)c1C. The molecule has 2 aliphatic rings. The van der Waals surface area contributed by atoms with Crippen molar-refractivity contribution in [1.29, 1.82) is 0 Å². The Labute approximate surface area is 157 Å². The first-order chi connectivity index (χ1) is 12.7. The summed E-state index contributed by atoms with van der Waals surface area (Å²) in [5, 5.41) is 0. The molecule has 0 spiro atoms. The summed E-state index contributed by atoms with van der Waals surface area (Å²) in [6, 6.07) is 15.4. The lowest BCUT2D eigenvalue weighted by atomic mass is 9.89. The number of rotatable bonds is 5. The number of fused-ring (bicyclic) bond motifs is 1. The van der Waals surface area contributed by atoms with Crippen LogP contribution < -0.4 is 0 Å². The molecule has 0 nitrogen and oxygen atoms in total. The summed E-state index contributed by atoms with van der Waals surface area (Å²) in [7, 11) is 0. The van der Waals surface area contributed by atoms with Gasteiger partial charge in [-0.1, -0.05) is 74.2 Å². The van der Waals surface area contributed by atoms with Gasteiger partial charge in [0.25, 0.3) is 0 Å². The van der Waals surface area contributed by atoms with E-state index in [0.717, 1.165) is 25.7 Å². The van der Waals surface area contributed by atoms with Crippen LogP contribution in [0.4, 0.5) is 0 Å². The molecule has 0 fully saturated rings. The highest BCUT2D eigenvalue weighted by atomic mass is 14.2. The zero-order chi connectivity index (χ0) is 18.1. The van der Waals surface area contributed by atoms with Crippen LogP contribution in [-0.2, 0) is 12.8 Å². The Morgan fingerprint density at radius 1 is 1.04 bits per heavy atom. The van der Waals surface area contributed by atoms with E-state index in [1.807, 2.05) is 0 Å². The van der Waals surface area contributed by atoms with Crippen molar-refractivity contribution in [2.45, 2.75) is 39.5 Å². The average molecular weight is 338 g/mol. The molecule has 0 radical (unpaired) electrons. The van der Waals surface area contributed by atoms with Crippen LogP contribution >= 0.6 is 0 Å². The van der Waals surface area contributed by atoms with Gasteiger partial charge in [-0.3, -0.25) is 0 Å². The minimum atomic E-state index is 0.938. The van der Waals surface area contributed by atoms with Gasteiger partial charge < -0.3 is 0 Å². The lowest BCUT2D eigenvalue weighted by molar-refractivity contribution is 1.10. The van der Waals surface area contributed by atoms with Crippen LogP contribution in [0.15, 0.2) is 77.9 Å². The number of aryl methyl sites for hydroxylation is 1. The zero-order valence-electron chi connectivity index (χ0n) is 15.8. The quantitative estimate of drug-likeness (QED) is 0.559. The largest absolute Gasteiger partial charge is 0.0949 e. The van der Waals surface area contributed by atoms with Gasteiger partial charge in [0.05, 0.1) is 0 Å². The Hall–Kier alpha value is -2.60. The van der Waals surface area contributed by atoms with Gasteiger partial charge in [0.15, 0.2) is 0 Å². The lowest BCUT2D eigenvalue weighted by Gasteiger charge is -2.16. The molecule has 2 aliphatic carbocycles. The first kappa shape index (κ1) is 16.8. The highest BCUT2D eigenvalue weighted by molar-refractivity contribution is 5.75. The molecular formula is C26H26. The molecule has 2 aromatic rings. The van der Waals surface area contributed by atoms with Gasteiger partial charge in [0.1, 0.15) is 0 Å². The van der Waals surface area contributed by atoms with E-state index < -0.39 is 0 Å². The third-order valence-electron chi connectivity index (χ3n) is 5.76. The molecule has 0 aromatic heterocycles. The van der Waals surface area contributed by atoms with Gasteiger partial charge in [-0.05, 0) is 82.7 Å². The molecule has 0 bridgehead atoms. The normalized spacial score (nSPS) is 15.4. The second-order valence-corrected chi connectivity index (χ2v) is 7.35. The third kappa shape index (κ3) is 3.01. The van der Waals surface area contributed by atoms with Gasteiger partial charge in [-0.25, -0.2) is 0 Å². The van der Waals surface area contributed by atoms with Crippen molar-refractivity contribution in [3.63, 3.8) is 0 Å². The maximum atomic E-state index is 4.44. The number of benzene rings is 2. The maximum absolute atomic E-state index is 4.44. The van der Waals surface area contributed by atoms with E-state index in [-0.39, 0.29) is 0 Å². The molecule has 0 heteroatoms. The van der Waals surface area contributed by atoms with Crippen molar-refractivity contribution in [2.24, 2.45) is 0 Å². The first-order valence-corrected chi connectivity index (χ1v) is 9.62. The predicted molar refractivity (Wildman–Crippen MR) is 113 cm³/mol. The monoisotopic (exact) mass is 338 g/mol. The number of allylic oxidation sites excluding steroid dienone is 6. The Kier molecular flexibility index (Phi) is 4.51. The molecule has 26 heavy (non-hydrogen) atoms. The van der Waals surface area contributed by atoms with Crippen molar-refractivity contribution in [1.82, 2.24) is 0 Å². The van der Waals surface area contributed by atoms with Crippen LogP contribution in [0.3, 0.4) is 0 Å². The van der Waals surface area contributed by atoms with E-state index in [9.17, 15) is 0 Å². The van der Waals surface area contributed by atoms with Crippen LogP contribution in [0.5, 0.6) is 0 Å². The highest BCUT2D eigenvalue weighted by Gasteiger charge is 2.21. The van der Waals surface area contributed by atoms with Crippen molar-refractivity contribution in [2.75, 3.05) is 0 Å². The van der Waals surface area contributed by atoms with Crippen LogP contribution in [0, 0.1) is 6.92 Å². The van der Waals surface area contributed by atoms with Crippen molar-refractivity contribution < 1.29 is 0 Å². The van der Waals surface area contributed by atoms with E-state index in [2.05, 4.69) is 81.1 Å². The Morgan fingerprint density at radius 2 is 1.88 bits per heavy atom. The standard InChI is InChI=1S/C26H26/c1-4-20-11-7-13-25(19(20)3)18(2)15-23-12-8-14-26(23)24-16-21-9-5-6-10-22(21)17-24/h5-7,9-14,16H,2,4,8,15,17H2,1,3H3. The van der Waals surface area contributed by atoms with E-state index in [4.69, 9.17) is 0 Å². The number of hydrogen-bond donors (Lipinski definition) is 0.